The number of aliphatic hydroxyl groups is 2. The Morgan fingerprint density at radius 2 is 1.83 bits per heavy atom. The van der Waals surface area contributed by atoms with Crippen LogP contribution in [0.15, 0.2) is 48.5 Å². The van der Waals surface area contributed by atoms with Crippen LogP contribution in [-0.4, -0.2) is 84.5 Å². The van der Waals surface area contributed by atoms with Crippen LogP contribution >= 0.6 is 0 Å². The molecule has 42 heavy (non-hydrogen) atoms. The lowest BCUT2D eigenvalue weighted by atomic mass is 9.80. The summed E-state index contributed by atoms with van der Waals surface area (Å²) in [6, 6.07) is 14.8. The van der Waals surface area contributed by atoms with Crippen molar-refractivity contribution < 1.29 is 34.1 Å². The number of aromatic hydroxyl groups is 1. The summed E-state index contributed by atoms with van der Waals surface area (Å²) in [6.45, 7) is 7.31. The molecule has 3 saturated heterocycles. The zero-order valence-electron chi connectivity index (χ0n) is 24.8. The number of hydrogen-bond acceptors (Lipinski definition) is 7. The summed E-state index contributed by atoms with van der Waals surface area (Å²) in [6.07, 6.45) is 6.32. The molecule has 2 aromatic rings. The van der Waals surface area contributed by atoms with E-state index in [0.717, 1.165) is 61.9 Å². The van der Waals surface area contributed by atoms with Crippen molar-refractivity contribution in [1.82, 2.24) is 5.32 Å². The zero-order chi connectivity index (χ0) is 29.6. The van der Waals surface area contributed by atoms with Gasteiger partial charge in [-0.2, -0.15) is 0 Å². The van der Waals surface area contributed by atoms with E-state index in [0.29, 0.717) is 31.1 Å². The van der Waals surface area contributed by atoms with Gasteiger partial charge in [0.25, 0.3) is 0 Å². The Kier molecular flexibility index (Phi) is 10.2. The molecule has 6 rings (SSSR count). The largest absolute Gasteiger partial charge is 0.506 e. The molecule has 230 valence electrons. The SMILES string of the molecule is CC(NC[C@H](O)c1ccc(O)c(NC=O)c1)OCC[N+]12CCC(CC1)[C@@H](OCC(O)(c1ccccc1)C1CCCC1)C2. The fourth-order valence-corrected chi connectivity index (χ4v) is 7.34. The van der Waals surface area contributed by atoms with Crippen LogP contribution in [0, 0.1) is 11.8 Å². The fourth-order valence-electron chi connectivity index (χ4n) is 7.34. The minimum atomic E-state index is -0.934. The first kappa shape index (κ1) is 30.9. The van der Waals surface area contributed by atoms with Crippen LogP contribution in [0.25, 0.3) is 0 Å². The molecule has 2 bridgehead atoms. The monoisotopic (exact) mass is 582 g/mol. The standard InChI is InChI=1S/C33H47N3O6/c1-24(34-20-31(39)26-11-12-30(38)29(19-26)35-23-37)41-18-17-36-15-13-25(14-16-36)32(21-36)42-22-33(40,28-9-5-6-10-28)27-7-3-2-4-8-27/h2-4,7-8,11-12,19,23-25,28,31-32,34,39-40H,5-6,9-10,13-18,20-22H2,1H3,(H-,35,37,38)/p+1/t24?,25?,31-,32-,33?,36?/m0/s1. The van der Waals surface area contributed by atoms with Crippen LogP contribution in [0.3, 0.4) is 0 Å². The molecule has 9 nitrogen and oxygen atoms in total. The number of piperidine rings is 3. The number of amides is 1. The molecule has 0 radical (unpaired) electrons. The molecular formula is C33H48N3O6+. The summed E-state index contributed by atoms with van der Waals surface area (Å²) in [4.78, 5) is 10.7. The van der Waals surface area contributed by atoms with Crippen molar-refractivity contribution in [1.29, 1.82) is 0 Å². The summed E-state index contributed by atoms with van der Waals surface area (Å²) < 4.78 is 13.8. The summed E-state index contributed by atoms with van der Waals surface area (Å²) in [7, 11) is 0. The number of nitrogens with zero attached hydrogens (tertiary/aromatic N) is 1. The molecular weight excluding hydrogens is 534 g/mol. The van der Waals surface area contributed by atoms with E-state index in [1.54, 1.807) is 12.1 Å². The molecule has 4 fully saturated rings. The summed E-state index contributed by atoms with van der Waals surface area (Å²) in [5.41, 5.74) is 0.890. The average Bonchev–Trinajstić information content (AvgIpc) is 3.57. The Hall–Kier alpha value is -2.53. The number of rotatable bonds is 15. The molecule has 3 aliphatic heterocycles. The second-order valence-corrected chi connectivity index (χ2v) is 12.6. The third kappa shape index (κ3) is 7.15. The van der Waals surface area contributed by atoms with E-state index in [-0.39, 0.29) is 36.2 Å². The Balaban J connectivity index is 1.10. The topological polar surface area (TPSA) is 120 Å². The molecule has 1 amide bonds. The highest BCUT2D eigenvalue weighted by molar-refractivity contribution is 5.75. The quantitative estimate of drug-likeness (QED) is 0.0941. The molecule has 0 spiro atoms. The molecule has 4 aliphatic rings. The normalized spacial score (nSPS) is 26.9. The van der Waals surface area contributed by atoms with Gasteiger partial charge in [0.05, 0.1) is 38.1 Å². The minimum Gasteiger partial charge on any atom is -0.506 e. The molecule has 2 aromatic carbocycles. The second kappa shape index (κ2) is 13.8. The number of nitrogens with one attached hydrogen (secondary N) is 2. The van der Waals surface area contributed by atoms with Crippen LogP contribution < -0.4 is 10.6 Å². The highest BCUT2D eigenvalue weighted by Crippen LogP contribution is 2.42. The van der Waals surface area contributed by atoms with Gasteiger partial charge >= 0.3 is 0 Å². The van der Waals surface area contributed by atoms with Crippen molar-refractivity contribution in [2.45, 2.75) is 69.5 Å². The van der Waals surface area contributed by atoms with Crippen molar-refractivity contribution in [2.24, 2.45) is 11.8 Å². The van der Waals surface area contributed by atoms with Crippen molar-refractivity contribution >= 4 is 12.1 Å². The van der Waals surface area contributed by atoms with Crippen LogP contribution in [0.5, 0.6) is 5.75 Å². The van der Waals surface area contributed by atoms with Gasteiger partial charge in [0, 0.05) is 25.3 Å². The lowest BCUT2D eigenvalue weighted by Crippen LogP contribution is -2.65. The molecule has 5 N–H and O–H groups in total. The molecule has 9 heteroatoms. The number of anilines is 1. The van der Waals surface area contributed by atoms with Crippen LogP contribution in [0.2, 0.25) is 0 Å². The third-order valence-electron chi connectivity index (χ3n) is 10.0. The first-order chi connectivity index (χ1) is 20.3. The van der Waals surface area contributed by atoms with Gasteiger partial charge in [-0.15, -0.1) is 0 Å². The van der Waals surface area contributed by atoms with E-state index >= 15 is 0 Å². The molecule has 1 aliphatic carbocycles. The van der Waals surface area contributed by atoms with Crippen molar-refractivity contribution in [2.75, 3.05) is 51.3 Å². The van der Waals surface area contributed by atoms with Crippen LogP contribution in [-0.2, 0) is 19.9 Å². The number of benzene rings is 2. The second-order valence-electron chi connectivity index (χ2n) is 12.6. The maximum absolute atomic E-state index is 12.0. The number of fused-ring (bicyclic) bond motifs is 3. The van der Waals surface area contributed by atoms with Gasteiger partial charge in [-0.25, -0.2) is 0 Å². The molecule has 2 unspecified atom stereocenters. The van der Waals surface area contributed by atoms with E-state index in [4.69, 9.17) is 9.47 Å². The zero-order valence-corrected chi connectivity index (χ0v) is 24.8. The number of phenolic OH excluding ortho intramolecular Hbond substituents is 1. The molecule has 1 saturated carbocycles. The van der Waals surface area contributed by atoms with Crippen molar-refractivity contribution in [3.63, 3.8) is 0 Å². The highest BCUT2D eigenvalue weighted by atomic mass is 16.5. The maximum atomic E-state index is 12.0. The van der Waals surface area contributed by atoms with E-state index in [1.807, 2.05) is 37.3 Å². The molecule has 4 atom stereocenters. The first-order valence-electron chi connectivity index (χ1n) is 15.6. The van der Waals surface area contributed by atoms with Crippen LogP contribution in [0.4, 0.5) is 5.69 Å². The van der Waals surface area contributed by atoms with Gasteiger partial charge in [0.15, 0.2) is 0 Å². The minimum absolute atomic E-state index is 0.0507. The van der Waals surface area contributed by atoms with E-state index < -0.39 is 11.7 Å². The van der Waals surface area contributed by atoms with Gasteiger partial charge in [0.1, 0.15) is 36.8 Å². The van der Waals surface area contributed by atoms with Gasteiger partial charge in [-0.3, -0.25) is 10.1 Å². The third-order valence-corrected chi connectivity index (χ3v) is 10.0. The Labute approximate surface area is 249 Å². The number of aliphatic hydroxyl groups excluding tert-OH is 1. The Morgan fingerprint density at radius 3 is 2.55 bits per heavy atom. The van der Waals surface area contributed by atoms with E-state index in [2.05, 4.69) is 10.6 Å². The predicted octanol–water partition coefficient (Wildman–Crippen LogP) is 3.65. The number of ether oxygens (including phenoxy) is 2. The van der Waals surface area contributed by atoms with Crippen LogP contribution in [0.1, 0.15) is 62.7 Å². The number of carbonyl (C=O) groups excluding carboxylic acids is 1. The van der Waals surface area contributed by atoms with Crippen molar-refractivity contribution in [3.8, 4) is 5.75 Å². The number of carbonyl (C=O) groups is 1. The summed E-state index contributed by atoms with van der Waals surface area (Å²) >= 11 is 0. The van der Waals surface area contributed by atoms with Gasteiger partial charge in [-0.1, -0.05) is 49.2 Å². The number of quaternary nitrogens is 1. The average molecular weight is 583 g/mol. The molecule has 0 aromatic heterocycles. The lowest BCUT2D eigenvalue weighted by Gasteiger charge is -2.53. The van der Waals surface area contributed by atoms with Gasteiger partial charge in [-0.05, 0) is 48.9 Å². The Morgan fingerprint density at radius 1 is 1.10 bits per heavy atom. The summed E-state index contributed by atoms with van der Waals surface area (Å²) in [5.74, 6) is 0.748. The molecule has 3 heterocycles. The fraction of sp³-hybridized carbons (Fsp3) is 0.606. The Bertz CT molecular complexity index is 1150. The lowest BCUT2D eigenvalue weighted by molar-refractivity contribution is -0.946. The first-order valence-corrected chi connectivity index (χ1v) is 15.6. The highest BCUT2D eigenvalue weighted by Gasteiger charge is 2.48. The van der Waals surface area contributed by atoms with E-state index in [1.165, 1.54) is 18.9 Å². The number of phenols is 1. The smallest absolute Gasteiger partial charge is 0.211 e. The van der Waals surface area contributed by atoms with Gasteiger partial charge in [0.2, 0.25) is 6.41 Å². The van der Waals surface area contributed by atoms with E-state index in [9.17, 15) is 20.1 Å². The number of hydrogen-bond donors (Lipinski definition) is 5. The summed E-state index contributed by atoms with van der Waals surface area (Å²) in [5, 5.41) is 38.0. The van der Waals surface area contributed by atoms with Crippen molar-refractivity contribution in [3.05, 3.63) is 59.7 Å². The maximum Gasteiger partial charge on any atom is 0.211 e. The van der Waals surface area contributed by atoms with Gasteiger partial charge < -0.3 is 34.6 Å². The predicted molar refractivity (Wildman–Crippen MR) is 161 cm³/mol.